The van der Waals surface area contributed by atoms with Crippen molar-refractivity contribution in [1.29, 1.82) is 0 Å². The first-order valence-corrected chi connectivity index (χ1v) is 11.6. The van der Waals surface area contributed by atoms with E-state index in [0.29, 0.717) is 29.0 Å². The molecule has 1 aromatic heterocycles. The van der Waals surface area contributed by atoms with Crippen LogP contribution in [0.25, 0.3) is 11.4 Å². The molecule has 0 saturated carbocycles. The van der Waals surface area contributed by atoms with E-state index in [4.69, 9.17) is 0 Å². The molecule has 1 amide bonds. The summed E-state index contributed by atoms with van der Waals surface area (Å²) in [5.74, 6) is 0.353. The van der Waals surface area contributed by atoms with Gasteiger partial charge in [0.1, 0.15) is 0 Å². The van der Waals surface area contributed by atoms with Crippen LogP contribution in [0.15, 0.2) is 76.4 Å². The molecule has 9 heteroatoms. The van der Waals surface area contributed by atoms with Gasteiger partial charge in [-0.05, 0) is 18.2 Å². The standard InChI is InChI=1S/C21H19BrN4O3S/c22-18-7-4-8-19(13-18)30(28,29)26-11-9-25(10-12-26)21(27)17-14-23-20(24-15-17)16-5-2-1-3-6-16/h1-8,13-15H,9-12H2. The summed E-state index contributed by atoms with van der Waals surface area (Å²) in [6.07, 6.45) is 3.03. The molecular weight excluding hydrogens is 468 g/mol. The van der Waals surface area contributed by atoms with Crippen LogP contribution in [-0.2, 0) is 10.0 Å². The van der Waals surface area contributed by atoms with Gasteiger partial charge in [-0.3, -0.25) is 4.79 Å². The highest BCUT2D eigenvalue weighted by molar-refractivity contribution is 9.10. The largest absolute Gasteiger partial charge is 0.336 e. The Kier molecular flexibility index (Phi) is 5.94. The van der Waals surface area contributed by atoms with Gasteiger partial charge in [0.15, 0.2) is 5.82 Å². The van der Waals surface area contributed by atoms with Gasteiger partial charge in [-0.25, -0.2) is 18.4 Å². The Hall–Kier alpha value is -2.62. The summed E-state index contributed by atoms with van der Waals surface area (Å²) in [6, 6.07) is 16.2. The van der Waals surface area contributed by atoms with Crippen molar-refractivity contribution < 1.29 is 13.2 Å². The predicted molar refractivity (Wildman–Crippen MR) is 116 cm³/mol. The average molecular weight is 487 g/mol. The van der Waals surface area contributed by atoms with E-state index in [1.165, 1.54) is 16.7 Å². The number of hydrogen-bond acceptors (Lipinski definition) is 5. The van der Waals surface area contributed by atoms with E-state index in [9.17, 15) is 13.2 Å². The maximum atomic E-state index is 12.8. The van der Waals surface area contributed by atoms with E-state index in [2.05, 4.69) is 25.9 Å². The van der Waals surface area contributed by atoms with E-state index in [0.717, 1.165) is 5.56 Å². The molecule has 0 unspecified atom stereocenters. The van der Waals surface area contributed by atoms with Crippen LogP contribution in [0.1, 0.15) is 10.4 Å². The van der Waals surface area contributed by atoms with Crippen molar-refractivity contribution >= 4 is 31.9 Å². The second-order valence-corrected chi connectivity index (χ2v) is 9.67. The minimum Gasteiger partial charge on any atom is -0.336 e. The zero-order valence-corrected chi connectivity index (χ0v) is 18.4. The summed E-state index contributed by atoms with van der Waals surface area (Å²) >= 11 is 3.31. The number of benzene rings is 2. The smallest absolute Gasteiger partial charge is 0.257 e. The summed E-state index contributed by atoms with van der Waals surface area (Å²) in [5.41, 5.74) is 1.26. The molecular formula is C21H19BrN4O3S. The van der Waals surface area contributed by atoms with E-state index in [-0.39, 0.29) is 23.9 Å². The van der Waals surface area contributed by atoms with Gasteiger partial charge in [-0.2, -0.15) is 4.31 Å². The monoisotopic (exact) mass is 486 g/mol. The Labute approximate surface area is 183 Å². The molecule has 30 heavy (non-hydrogen) atoms. The van der Waals surface area contributed by atoms with Crippen LogP contribution in [0.4, 0.5) is 0 Å². The van der Waals surface area contributed by atoms with Crippen molar-refractivity contribution in [2.45, 2.75) is 4.90 Å². The first kappa shape index (κ1) is 20.6. The SMILES string of the molecule is O=C(c1cnc(-c2ccccc2)nc1)N1CCN(S(=O)(=O)c2cccc(Br)c2)CC1. The molecule has 7 nitrogen and oxygen atoms in total. The fourth-order valence-electron chi connectivity index (χ4n) is 3.27. The zero-order valence-electron chi connectivity index (χ0n) is 16.0. The van der Waals surface area contributed by atoms with Gasteiger partial charge in [-0.15, -0.1) is 0 Å². The molecule has 0 spiro atoms. The van der Waals surface area contributed by atoms with Crippen LogP contribution in [0.2, 0.25) is 0 Å². The first-order valence-electron chi connectivity index (χ1n) is 9.37. The lowest BCUT2D eigenvalue weighted by Gasteiger charge is -2.34. The number of aromatic nitrogens is 2. The van der Waals surface area contributed by atoms with E-state index in [1.807, 2.05) is 30.3 Å². The molecule has 4 rings (SSSR count). The Bertz CT molecular complexity index is 1150. The number of sulfonamides is 1. The van der Waals surface area contributed by atoms with Crippen LogP contribution >= 0.6 is 15.9 Å². The lowest BCUT2D eigenvalue weighted by Crippen LogP contribution is -2.50. The van der Waals surface area contributed by atoms with Crippen LogP contribution in [-0.4, -0.2) is 59.7 Å². The van der Waals surface area contributed by atoms with Crippen molar-refractivity contribution in [2.24, 2.45) is 0 Å². The Balaban J connectivity index is 1.42. The van der Waals surface area contributed by atoms with Gasteiger partial charge >= 0.3 is 0 Å². The minimum atomic E-state index is -3.59. The highest BCUT2D eigenvalue weighted by Crippen LogP contribution is 2.22. The third-order valence-corrected chi connectivity index (χ3v) is 7.28. The van der Waals surface area contributed by atoms with Gasteiger partial charge in [-0.1, -0.05) is 52.3 Å². The summed E-state index contributed by atoms with van der Waals surface area (Å²) < 4.78 is 27.8. The predicted octanol–water partition coefficient (Wildman–Crippen LogP) is 3.05. The van der Waals surface area contributed by atoms with Crippen molar-refractivity contribution in [2.75, 3.05) is 26.2 Å². The van der Waals surface area contributed by atoms with Gasteiger partial charge < -0.3 is 4.90 Å². The van der Waals surface area contributed by atoms with Crippen molar-refractivity contribution in [3.63, 3.8) is 0 Å². The molecule has 1 aliphatic rings. The number of nitrogens with zero attached hydrogens (tertiary/aromatic N) is 4. The third kappa shape index (κ3) is 4.28. The number of carbonyl (C=O) groups is 1. The van der Waals surface area contributed by atoms with Crippen molar-refractivity contribution in [1.82, 2.24) is 19.2 Å². The third-order valence-electron chi connectivity index (χ3n) is 4.89. The van der Waals surface area contributed by atoms with Crippen LogP contribution < -0.4 is 0 Å². The fraction of sp³-hybridized carbons (Fsp3) is 0.190. The molecule has 2 heterocycles. The number of rotatable bonds is 4. The summed E-state index contributed by atoms with van der Waals surface area (Å²) in [7, 11) is -3.59. The number of carbonyl (C=O) groups excluding carboxylic acids is 1. The number of piperazine rings is 1. The quantitative estimate of drug-likeness (QED) is 0.565. The summed E-state index contributed by atoms with van der Waals surface area (Å²) in [5, 5.41) is 0. The Morgan fingerprint density at radius 2 is 1.57 bits per heavy atom. The fourth-order valence-corrected chi connectivity index (χ4v) is 5.28. The molecule has 0 aliphatic carbocycles. The van der Waals surface area contributed by atoms with Crippen molar-refractivity contribution in [3.05, 3.63) is 77.0 Å². The normalized spacial score (nSPS) is 15.2. The molecule has 3 aromatic rings. The molecule has 0 radical (unpaired) electrons. The number of hydrogen-bond donors (Lipinski definition) is 0. The Morgan fingerprint density at radius 3 is 2.20 bits per heavy atom. The number of amides is 1. The van der Waals surface area contributed by atoms with Gasteiger partial charge in [0, 0.05) is 48.6 Å². The van der Waals surface area contributed by atoms with Crippen LogP contribution in [0.5, 0.6) is 0 Å². The highest BCUT2D eigenvalue weighted by Gasteiger charge is 2.30. The lowest BCUT2D eigenvalue weighted by molar-refractivity contribution is 0.0697. The summed E-state index contributed by atoms with van der Waals surface area (Å²) in [4.78, 5) is 23.3. The average Bonchev–Trinajstić information content (AvgIpc) is 2.79. The van der Waals surface area contributed by atoms with E-state index < -0.39 is 10.0 Å². The van der Waals surface area contributed by atoms with E-state index in [1.54, 1.807) is 29.2 Å². The van der Waals surface area contributed by atoms with E-state index >= 15 is 0 Å². The Morgan fingerprint density at radius 1 is 0.900 bits per heavy atom. The molecule has 2 aromatic carbocycles. The lowest BCUT2D eigenvalue weighted by atomic mass is 10.2. The maximum absolute atomic E-state index is 12.8. The molecule has 1 aliphatic heterocycles. The first-order chi connectivity index (χ1) is 14.4. The van der Waals surface area contributed by atoms with Gasteiger partial charge in [0.05, 0.1) is 10.5 Å². The van der Waals surface area contributed by atoms with Crippen molar-refractivity contribution in [3.8, 4) is 11.4 Å². The molecule has 1 fully saturated rings. The molecule has 0 bridgehead atoms. The minimum absolute atomic E-state index is 0.200. The van der Waals surface area contributed by atoms with Crippen LogP contribution in [0, 0.1) is 0 Å². The van der Waals surface area contributed by atoms with Crippen LogP contribution in [0.3, 0.4) is 0 Å². The zero-order chi connectivity index (χ0) is 21.1. The molecule has 154 valence electrons. The second kappa shape index (κ2) is 8.63. The highest BCUT2D eigenvalue weighted by atomic mass is 79.9. The molecule has 0 atom stereocenters. The molecule has 1 saturated heterocycles. The van der Waals surface area contributed by atoms with Gasteiger partial charge in [0.25, 0.3) is 5.91 Å². The maximum Gasteiger partial charge on any atom is 0.257 e. The second-order valence-electron chi connectivity index (χ2n) is 6.82. The molecule has 0 N–H and O–H groups in total. The topological polar surface area (TPSA) is 83.5 Å². The number of halogens is 1. The summed E-state index contributed by atoms with van der Waals surface area (Å²) in [6.45, 7) is 1.10. The van der Waals surface area contributed by atoms with Gasteiger partial charge in [0.2, 0.25) is 10.0 Å².